The molecule has 4 rings (SSSR count). The number of nitrogens with one attached hydrogen (secondary N) is 2. The van der Waals surface area contributed by atoms with Crippen molar-refractivity contribution in [1.82, 2.24) is 9.97 Å². The molecule has 3 nitrogen and oxygen atoms in total. The Balaban J connectivity index is 0.00000144. The number of nitrogens with zero attached hydrogens (tertiary/aromatic N) is 1. The van der Waals surface area contributed by atoms with E-state index in [4.69, 9.17) is 0 Å². The zero-order valence-electron chi connectivity index (χ0n) is 12.0. The van der Waals surface area contributed by atoms with Crippen LogP contribution >= 0.6 is 28.3 Å². The van der Waals surface area contributed by atoms with Gasteiger partial charge in [-0.05, 0) is 55.2 Å². The van der Waals surface area contributed by atoms with E-state index in [1.165, 1.54) is 28.6 Å². The smallest absolute Gasteiger partial charge is 0.126 e. The first-order valence-electron chi connectivity index (χ1n) is 7.29. The van der Waals surface area contributed by atoms with Crippen molar-refractivity contribution in [2.75, 3.05) is 5.32 Å². The molecule has 1 unspecified atom stereocenters. The van der Waals surface area contributed by atoms with Crippen LogP contribution in [-0.4, -0.2) is 9.97 Å². The van der Waals surface area contributed by atoms with Gasteiger partial charge >= 0.3 is 0 Å². The number of fused-ring (bicyclic) bond motifs is 3. The zero-order chi connectivity index (χ0) is 14.2. The molecule has 0 spiro atoms. The highest BCUT2D eigenvalue weighted by Crippen LogP contribution is 2.37. The number of hydrogen-bond donors (Lipinski definition) is 2. The van der Waals surface area contributed by atoms with Crippen molar-refractivity contribution in [1.29, 1.82) is 0 Å². The third kappa shape index (κ3) is 2.73. The molecule has 22 heavy (non-hydrogen) atoms. The molecule has 0 saturated heterocycles. The van der Waals surface area contributed by atoms with Gasteiger partial charge in [0.15, 0.2) is 0 Å². The molecular weight excluding hydrogens is 362 g/mol. The standard InChI is InChI=1S/C17H16BrN3.ClH/c18-11-7-8-14-13(10-11)12-4-3-5-15(17(12)21-14)20-16-6-1-2-9-19-16;/h1-2,6-10,15,21H,3-5H2,(H,19,20);1H. The lowest BCUT2D eigenvalue weighted by Gasteiger charge is -2.24. The van der Waals surface area contributed by atoms with Crippen molar-refractivity contribution in [3.8, 4) is 0 Å². The van der Waals surface area contributed by atoms with Gasteiger partial charge in [-0.15, -0.1) is 12.4 Å². The first-order valence-corrected chi connectivity index (χ1v) is 8.08. The Bertz CT molecular complexity index is 785. The van der Waals surface area contributed by atoms with Gasteiger partial charge in [0, 0.05) is 27.3 Å². The highest BCUT2D eigenvalue weighted by Gasteiger charge is 2.24. The van der Waals surface area contributed by atoms with Gasteiger partial charge in [0.2, 0.25) is 0 Å². The van der Waals surface area contributed by atoms with Crippen LogP contribution in [0.2, 0.25) is 0 Å². The van der Waals surface area contributed by atoms with Gasteiger partial charge in [0.05, 0.1) is 6.04 Å². The summed E-state index contributed by atoms with van der Waals surface area (Å²) < 4.78 is 1.14. The average molecular weight is 379 g/mol. The highest BCUT2D eigenvalue weighted by molar-refractivity contribution is 9.10. The molecule has 0 fully saturated rings. The number of rotatable bonds is 2. The summed E-state index contributed by atoms with van der Waals surface area (Å²) in [5, 5.41) is 4.90. The lowest BCUT2D eigenvalue weighted by Crippen LogP contribution is -2.17. The number of anilines is 1. The van der Waals surface area contributed by atoms with Crippen molar-refractivity contribution >= 4 is 45.1 Å². The molecule has 2 N–H and O–H groups in total. The monoisotopic (exact) mass is 377 g/mol. The summed E-state index contributed by atoms with van der Waals surface area (Å²) in [4.78, 5) is 7.98. The fourth-order valence-electron chi connectivity index (χ4n) is 3.21. The molecule has 5 heteroatoms. The SMILES string of the molecule is Brc1ccc2[nH]c3c(c2c1)CCCC3Nc1ccccn1.Cl. The lowest BCUT2D eigenvalue weighted by atomic mass is 9.91. The van der Waals surface area contributed by atoms with Crippen molar-refractivity contribution < 1.29 is 0 Å². The van der Waals surface area contributed by atoms with E-state index in [0.717, 1.165) is 23.1 Å². The predicted molar refractivity (Wildman–Crippen MR) is 96.8 cm³/mol. The number of halogens is 2. The Labute approximate surface area is 144 Å². The van der Waals surface area contributed by atoms with Crippen LogP contribution in [0.15, 0.2) is 47.1 Å². The normalized spacial score (nSPS) is 16.9. The molecule has 0 aliphatic heterocycles. The average Bonchev–Trinajstić information content (AvgIpc) is 2.88. The second-order valence-corrected chi connectivity index (χ2v) is 6.43. The van der Waals surface area contributed by atoms with Gasteiger partial charge in [0.25, 0.3) is 0 Å². The van der Waals surface area contributed by atoms with Crippen LogP contribution in [0.3, 0.4) is 0 Å². The minimum absolute atomic E-state index is 0. The molecule has 1 aliphatic carbocycles. The van der Waals surface area contributed by atoms with Gasteiger partial charge < -0.3 is 10.3 Å². The molecule has 0 radical (unpaired) electrons. The van der Waals surface area contributed by atoms with Gasteiger partial charge in [-0.2, -0.15) is 0 Å². The number of H-pyrrole nitrogens is 1. The molecule has 0 amide bonds. The number of benzene rings is 1. The summed E-state index contributed by atoms with van der Waals surface area (Å²) >= 11 is 3.57. The van der Waals surface area contributed by atoms with Crippen LogP contribution in [0.25, 0.3) is 10.9 Å². The largest absolute Gasteiger partial charge is 0.362 e. The van der Waals surface area contributed by atoms with Crippen LogP contribution in [0.1, 0.15) is 30.1 Å². The summed E-state index contributed by atoms with van der Waals surface area (Å²) in [7, 11) is 0. The molecule has 0 bridgehead atoms. The minimum Gasteiger partial charge on any atom is -0.362 e. The fraction of sp³-hybridized carbons (Fsp3) is 0.235. The van der Waals surface area contributed by atoms with E-state index < -0.39 is 0 Å². The van der Waals surface area contributed by atoms with Crippen molar-refractivity contribution in [2.24, 2.45) is 0 Å². The maximum Gasteiger partial charge on any atom is 0.126 e. The first kappa shape index (κ1) is 15.4. The van der Waals surface area contributed by atoms with Crippen molar-refractivity contribution in [2.45, 2.75) is 25.3 Å². The van der Waals surface area contributed by atoms with Crippen LogP contribution in [-0.2, 0) is 6.42 Å². The quantitative estimate of drug-likeness (QED) is 0.640. The summed E-state index contributed by atoms with van der Waals surface area (Å²) in [6, 6.07) is 12.7. The van der Waals surface area contributed by atoms with E-state index in [0.29, 0.717) is 6.04 Å². The maximum absolute atomic E-state index is 4.38. The van der Waals surface area contributed by atoms with Crippen LogP contribution < -0.4 is 5.32 Å². The summed E-state index contributed by atoms with van der Waals surface area (Å²) in [5.74, 6) is 0.940. The first-order chi connectivity index (χ1) is 10.3. The Morgan fingerprint density at radius 1 is 1.23 bits per heavy atom. The highest BCUT2D eigenvalue weighted by atomic mass is 79.9. The maximum atomic E-state index is 4.38. The Morgan fingerprint density at radius 3 is 2.95 bits per heavy atom. The Hall–Kier alpha value is -1.52. The molecule has 1 atom stereocenters. The second kappa shape index (κ2) is 6.31. The summed E-state index contributed by atoms with van der Waals surface area (Å²) in [6.07, 6.45) is 5.31. The number of hydrogen-bond acceptors (Lipinski definition) is 2. The Kier molecular flexibility index (Phi) is 4.41. The van der Waals surface area contributed by atoms with E-state index in [-0.39, 0.29) is 12.4 Å². The number of aromatic nitrogens is 2. The topological polar surface area (TPSA) is 40.7 Å². The predicted octanol–water partition coefficient (Wildman–Crippen LogP) is 5.24. The van der Waals surface area contributed by atoms with E-state index in [1.807, 2.05) is 24.4 Å². The number of aryl methyl sites for hydroxylation is 1. The van der Waals surface area contributed by atoms with Crippen molar-refractivity contribution in [3.05, 3.63) is 58.3 Å². The van der Waals surface area contributed by atoms with E-state index in [2.05, 4.69) is 49.4 Å². The van der Waals surface area contributed by atoms with E-state index >= 15 is 0 Å². The Morgan fingerprint density at radius 2 is 2.14 bits per heavy atom. The van der Waals surface area contributed by atoms with E-state index in [1.54, 1.807) is 0 Å². The minimum atomic E-state index is 0. The fourth-order valence-corrected chi connectivity index (χ4v) is 3.57. The number of aromatic amines is 1. The van der Waals surface area contributed by atoms with Gasteiger partial charge in [-0.25, -0.2) is 4.98 Å². The van der Waals surface area contributed by atoms with Gasteiger partial charge in [-0.3, -0.25) is 0 Å². The van der Waals surface area contributed by atoms with Gasteiger partial charge in [0.1, 0.15) is 5.82 Å². The zero-order valence-corrected chi connectivity index (χ0v) is 14.4. The third-order valence-electron chi connectivity index (χ3n) is 4.16. The molecule has 0 saturated carbocycles. The van der Waals surface area contributed by atoms with Crippen LogP contribution in [0, 0.1) is 0 Å². The van der Waals surface area contributed by atoms with Crippen LogP contribution in [0.4, 0.5) is 5.82 Å². The molecule has 1 aromatic carbocycles. The molecule has 3 aromatic rings. The summed E-state index contributed by atoms with van der Waals surface area (Å²) in [5.41, 5.74) is 3.99. The molecule has 1 aliphatic rings. The van der Waals surface area contributed by atoms with Gasteiger partial charge in [-0.1, -0.05) is 22.0 Å². The third-order valence-corrected chi connectivity index (χ3v) is 4.65. The second-order valence-electron chi connectivity index (χ2n) is 5.51. The number of pyridine rings is 1. The van der Waals surface area contributed by atoms with Crippen molar-refractivity contribution in [3.63, 3.8) is 0 Å². The molecule has 2 aromatic heterocycles. The lowest BCUT2D eigenvalue weighted by molar-refractivity contribution is 0.591. The van der Waals surface area contributed by atoms with E-state index in [9.17, 15) is 0 Å². The molecular formula is C17H17BrClN3. The molecule has 2 heterocycles. The molecule has 114 valence electrons. The van der Waals surface area contributed by atoms with Crippen LogP contribution in [0.5, 0.6) is 0 Å². The summed E-state index contributed by atoms with van der Waals surface area (Å²) in [6.45, 7) is 0.